The van der Waals surface area contributed by atoms with E-state index in [1.807, 2.05) is 55.5 Å². The summed E-state index contributed by atoms with van der Waals surface area (Å²) in [5.74, 6) is -0.781. The van der Waals surface area contributed by atoms with Crippen LogP contribution in [-0.4, -0.2) is 33.0 Å². The normalized spacial score (nSPS) is 19.5. The van der Waals surface area contributed by atoms with Gasteiger partial charge in [-0.2, -0.15) is 5.10 Å². The summed E-state index contributed by atoms with van der Waals surface area (Å²) < 4.78 is 0. The fraction of sp³-hybridized carbons (Fsp3) is 0.185. The number of rotatable bonds is 4. The lowest BCUT2D eigenvalue weighted by atomic mass is 9.98. The number of amidine groups is 1. The maximum absolute atomic E-state index is 13.2. The molecule has 0 aliphatic carbocycles. The number of hydrogen-bond donors (Lipinski definition) is 1. The molecule has 2 amide bonds. The van der Waals surface area contributed by atoms with Gasteiger partial charge < -0.3 is 0 Å². The molecular formula is C27H21Cl3N4O2S. The second-order valence-corrected chi connectivity index (χ2v) is 11.3. The van der Waals surface area contributed by atoms with E-state index in [1.165, 1.54) is 18.2 Å². The van der Waals surface area contributed by atoms with E-state index in [1.54, 1.807) is 5.01 Å². The van der Waals surface area contributed by atoms with Crippen molar-refractivity contribution in [3.05, 3.63) is 98.5 Å². The summed E-state index contributed by atoms with van der Waals surface area (Å²) in [4.78, 5) is 27.1. The van der Waals surface area contributed by atoms with Crippen LogP contribution in [0.15, 0.2) is 71.8 Å². The Bertz CT molecular complexity index is 1410. The number of nitrogens with zero attached hydrogens (tertiary/aromatic N) is 3. The Hall–Kier alpha value is -2.84. The number of nitrogens with one attached hydrogen (secondary N) is 1. The van der Waals surface area contributed by atoms with Crippen LogP contribution in [0.1, 0.15) is 35.6 Å². The molecule has 3 aromatic rings. The standard InChI is InChI=1S/C27H21Cl3N4O2S/c1-15-2-4-16(5-3-15)22-13-23(17-6-8-18(28)9-7-17)34(32-22)27(31)37-24-14-25(35)33(26(24)36)21-11-19(29)10-20(30)12-21/h2-12,23-24,31H,13-14H2,1H3/t23-,24-/m0/s1. The highest BCUT2D eigenvalue weighted by Gasteiger charge is 2.42. The molecule has 2 aliphatic heterocycles. The number of halogens is 3. The highest BCUT2D eigenvalue weighted by atomic mass is 35.5. The number of imide groups is 1. The van der Waals surface area contributed by atoms with Crippen LogP contribution >= 0.6 is 46.6 Å². The Kier molecular flexibility index (Phi) is 7.32. The van der Waals surface area contributed by atoms with Gasteiger partial charge in [-0.05, 0) is 48.4 Å². The number of carbonyl (C=O) groups is 2. The molecule has 2 aliphatic rings. The lowest BCUT2D eigenvalue weighted by molar-refractivity contribution is -0.121. The number of aryl methyl sites for hydroxylation is 1. The van der Waals surface area contributed by atoms with Gasteiger partial charge in [0.25, 0.3) is 0 Å². The monoisotopic (exact) mass is 570 g/mol. The van der Waals surface area contributed by atoms with Crippen molar-refractivity contribution in [2.45, 2.75) is 31.1 Å². The Morgan fingerprint density at radius 1 is 0.919 bits per heavy atom. The smallest absolute Gasteiger partial charge is 0.247 e. The summed E-state index contributed by atoms with van der Waals surface area (Å²) in [7, 11) is 0. The second-order valence-electron chi connectivity index (χ2n) is 8.84. The first-order valence-corrected chi connectivity index (χ1v) is 13.5. The molecule has 2 heterocycles. The van der Waals surface area contributed by atoms with Gasteiger partial charge in [0.15, 0.2) is 5.17 Å². The average molecular weight is 572 g/mol. The average Bonchev–Trinajstić information content (AvgIpc) is 3.40. The Morgan fingerprint density at radius 2 is 1.57 bits per heavy atom. The zero-order valence-corrected chi connectivity index (χ0v) is 22.7. The van der Waals surface area contributed by atoms with Crippen LogP contribution in [0.5, 0.6) is 0 Å². The third kappa shape index (κ3) is 5.41. The van der Waals surface area contributed by atoms with Crippen molar-refractivity contribution in [1.82, 2.24) is 5.01 Å². The first kappa shape index (κ1) is 25.8. The topological polar surface area (TPSA) is 76.8 Å². The van der Waals surface area contributed by atoms with Gasteiger partial charge in [-0.3, -0.25) is 15.0 Å². The molecule has 0 saturated carbocycles. The minimum Gasteiger partial charge on any atom is -0.277 e. The van der Waals surface area contributed by atoms with E-state index in [0.717, 1.165) is 39.1 Å². The van der Waals surface area contributed by atoms with E-state index in [0.29, 0.717) is 27.2 Å². The molecule has 1 N–H and O–H groups in total. The minimum atomic E-state index is -0.762. The van der Waals surface area contributed by atoms with Crippen LogP contribution in [-0.2, 0) is 9.59 Å². The predicted molar refractivity (Wildman–Crippen MR) is 151 cm³/mol. The van der Waals surface area contributed by atoms with Gasteiger partial charge in [-0.25, -0.2) is 9.91 Å². The molecule has 0 spiro atoms. The first-order valence-electron chi connectivity index (χ1n) is 11.5. The lowest BCUT2D eigenvalue weighted by Gasteiger charge is -2.24. The number of anilines is 1. The summed E-state index contributed by atoms with van der Waals surface area (Å²) in [6.45, 7) is 2.02. The van der Waals surface area contributed by atoms with Crippen LogP contribution < -0.4 is 4.90 Å². The van der Waals surface area contributed by atoms with E-state index in [2.05, 4.69) is 0 Å². The van der Waals surface area contributed by atoms with Gasteiger partial charge in [0.05, 0.1) is 17.4 Å². The zero-order chi connectivity index (χ0) is 26.3. The quantitative estimate of drug-likeness (QED) is 0.206. The summed E-state index contributed by atoms with van der Waals surface area (Å²) >= 11 is 19.3. The largest absolute Gasteiger partial charge is 0.277 e. The van der Waals surface area contributed by atoms with Gasteiger partial charge in [-0.1, -0.05) is 88.5 Å². The number of hydrogen-bond acceptors (Lipinski definition) is 5. The molecule has 0 bridgehead atoms. The van der Waals surface area contributed by atoms with Gasteiger partial charge in [0.2, 0.25) is 11.8 Å². The van der Waals surface area contributed by atoms with E-state index >= 15 is 0 Å². The number of hydrazone groups is 1. The molecule has 188 valence electrons. The fourth-order valence-electron chi connectivity index (χ4n) is 4.39. The maximum atomic E-state index is 13.2. The maximum Gasteiger partial charge on any atom is 0.247 e. The van der Waals surface area contributed by atoms with Gasteiger partial charge in [0.1, 0.15) is 5.25 Å². The number of benzene rings is 3. The molecule has 2 atom stereocenters. The molecular weight excluding hydrogens is 551 g/mol. The molecule has 1 saturated heterocycles. The minimum absolute atomic E-state index is 0.0377. The van der Waals surface area contributed by atoms with E-state index < -0.39 is 11.2 Å². The first-order chi connectivity index (χ1) is 17.7. The summed E-state index contributed by atoms with van der Waals surface area (Å²) in [6.07, 6.45) is 0.544. The molecule has 1 fully saturated rings. The Balaban J connectivity index is 1.40. The van der Waals surface area contributed by atoms with Gasteiger partial charge in [0, 0.05) is 27.9 Å². The van der Waals surface area contributed by atoms with Crippen molar-refractivity contribution in [3.63, 3.8) is 0 Å². The highest BCUT2D eigenvalue weighted by Crippen LogP contribution is 2.38. The zero-order valence-electron chi connectivity index (χ0n) is 19.6. The van der Waals surface area contributed by atoms with Crippen LogP contribution in [0.4, 0.5) is 5.69 Å². The van der Waals surface area contributed by atoms with E-state index in [-0.39, 0.29) is 23.5 Å². The van der Waals surface area contributed by atoms with Crippen molar-refractivity contribution in [1.29, 1.82) is 5.41 Å². The second kappa shape index (κ2) is 10.5. The highest BCUT2D eigenvalue weighted by molar-refractivity contribution is 8.14. The van der Waals surface area contributed by atoms with Crippen LogP contribution in [0.2, 0.25) is 15.1 Å². The molecule has 0 unspecified atom stereocenters. The molecule has 5 rings (SSSR count). The Labute approximate surface area is 233 Å². The van der Waals surface area contributed by atoms with E-state index in [9.17, 15) is 9.59 Å². The third-order valence-electron chi connectivity index (χ3n) is 6.22. The number of thioether (sulfide) groups is 1. The van der Waals surface area contributed by atoms with Crippen molar-refractivity contribution >= 4 is 74.9 Å². The SMILES string of the molecule is Cc1ccc(C2=NN(C(=N)S[C@H]3CC(=O)N(c4cc(Cl)cc(Cl)c4)C3=O)[C@H](c3ccc(Cl)cc3)C2)cc1. The number of carbonyl (C=O) groups excluding carboxylic acids is 2. The van der Waals surface area contributed by atoms with Crippen molar-refractivity contribution < 1.29 is 9.59 Å². The van der Waals surface area contributed by atoms with Crippen molar-refractivity contribution in [2.75, 3.05) is 4.90 Å². The lowest BCUT2D eigenvalue weighted by Crippen LogP contribution is -2.32. The van der Waals surface area contributed by atoms with Gasteiger partial charge in [-0.15, -0.1) is 0 Å². The molecule has 6 nitrogen and oxygen atoms in total. The van der Waals surface area contributed by atoms with E-state index in [4.69, 9.17) is 45.3 Å². The fourth-order valence-corrected chi connectivity index (χ4v) is 6.01. The van der Waals surface area contributed by atoms with Crippen LogP contribution in [0.25, 0.3) is 0 Å². The molecule has 0 aromatic heterocycles. The Morgan fingerprint density at radius 3 is 2.22 bits per heavy atom. The third-order valence-corrected chi connectivity index (χ3v) is 7.97. The molecule has 37 heavy (non-hydrogen) atoms. The van der Waals surface area contributed by atoms with Crippen LogP contribution in [0, 0.1) is 12.3 Å². The molecule has 10 heteroatoms. The van der Waals surface area contributed by atoms with Crippen LogP contribution in [0.3, 0.4) is 0 Å². The molecule has 3 aromatic carbocycles. The van der Waals surface area contributed by atoms with Crippen molar-refractivity contribution in [3.8, 4) is 0 Å². The molecule has 0 radical (unpaired) electrons. The summed E-state index contributed by atoms with van der Waals surface area (Å²) in [5.41, 5.74) is 4.23. The summed E-state index contributed by atoms with van der Waals surface area (Å²) in [6, 6.07) is 19.9. The summed E-state index contributed by atoms with van der Waals surface area (Å²) in [5, 5.41) is 15.9. The van der Waals surface area contributed by atoms with Crippen molar-refractivity contribution in [2.24, 2.45) is 5.10 Å². The predicted octanol–water partition coefficient (Wildman–Crippen LogP) is 7.11. The number of amides is 2. The van der Waals surface area contributed by atoms with Gasteiger partial charge >= 0.3 is 0 Å².